The van der Waals surface area contributed by atoms with Crippen LogP contribution in [0.5, 0.6) is 0 Å². The van der Waals surface area contributed by atoms with Crippen molar-refractivity contribution in [1.29, 1.82) is 0 Å². The fourth-order valence-electron chi connectivity index (χ4n) is 2.24. The monoisotopic (exact) mass is 330 g/mol. The van der Waals surface area contributed by atoms with Crippen molar-refractivity contribution in [2.24, 2.45) is 0 Å². The molecule has 2 unspecified atom stereocenters. The summed E-state index contributed by atoms with van der Waals surface area (Å²) < 4.78 is 19.9. The van der Waals surface area contributed by atoms with Crippen molar-refractivity contribution in [2.75, 3.05) is 19.8 Å². The van der Waals surface area contributed by atoms with Gasteiger partial charge in [-0.05, 0) is 31.5 Å². The summed E-state index contributed by atoms with van der Waals surface area (Å²) in [5.41, 5.74) is 0.689. The van der Waals surface area contributed by atoms with E-state index in [0.29, 0.717) is 24.2 Å². The number of ether oxygens (including phenoxy) is 1. The summed E-state index contributed by atoms with van der Waals surface area (Å²) in [6, 6.07) is 5.73. The Balaban J connectivity index is 1.79. The summed E-state index contributed by atoms with van der Waals surface area (Å²) in [5, 5.41) is 6.78. The van der Waals surface area contributed by atoms with E-state index in [1.807, 2.05) is 6.07 Å². The van der Waals surface area contributed by atoms with Gasteiger partial charge >= 0.3 is 0 Å². The van der Waals surface area contributed by atoms with E-state index >= 15 is 0 Å². The maximum atomic E-state index is 13.6. The third-order valence-corrected chi connectivity index (χ3v) is 3.78. The number of benzene rings is 1. The fourth-order valence-corrected chi connectivity index (χ4v) is 2.65. The van der Waals surface area contributed by atoms with Gasteiger partial charge in [-0.3, -0.25) is 0 Å². The summed E-state index contributed by atoms with van der Waals surface area (Å²) in [4.78, 5) is 0. The molecule has 0 spiro atoms. The molecule has 1 aliphatic rings. The Morgan fingerprint density at radius 2 is 2.42 bits per heavy atom. The number of hydrogen-bond donors (Lipinski definition) is 2. The molecule has 1 aromatic rings. The van der Waals surface area contributed by atoms with E-state index in [-0.39, 0.29) is 5.82 Å². The molecule has 1 aliphatic heterocycles. The summed E-state index contributed by atoms with van der Waals surface area (Å²) in [5.74, 6) is -0.165. The summed E-state index contributed by atoms with van der Waals surface area (Å²) in [6.07, 6.45) is 0.982. The molecular weight excluding hydrogens is 311 g/mol. The Kier molecular flexibility index (Phi) is 5.76. The average molecular weight is 331 g/mol. The van der Waals surface area contributed by atoms with Crippen LogP contribution in [0.25, 0.3) is 0 Å². The van der Waals surface area contributed by atoms with Crippen LogP contribution in [-0.2, 0) is 11.3 Å². The SMILES string of the molecule is CC(CC1COCCN1)NCc1cc(Br)ccc1F. The first-order valence-corrected chi connectivity index (χ1v) is 7.43. The zero-order chi connectivity index (χ0) is 13.7. The smallest absolute Gasteiger partial charge is 0.127 e. The summed E-state index contributed by atoms with van der Waals surface area (Å²) >= 11 is 3.36. The van der Waals surface area contributed by atoms with E-state index in [9.17, 15) is 4.39 Å². The van der Waals surface area contributed by atoms with Crippen molar-refractivity contribution >= 4 is 15.9 Å². The van der Waals surface area contributed by atoms with Crippen LogP contribution < -0.4 is 10.6 Å². The standard InChI is InChI=1S/C14H20BrFN2O/c1-10(6-13-9-19-5-4-17-13)18-8-11-7-12(15)2-3-14(11)16/h2-3,7,10,13,17-18H,4-6,8-9H2,1H3. The predicted octanol–water partition coefficient (Wildman–Crippen LogP) is 2.44. The predicted molar refractivity (Wildman–Crippen MR) is 77.6 cm³/mol. The molecule has 5 heteroatoms. The van der Waals surface area contributed by atoms with Crippen LogP contribution in [0.4, 0.5) is 4.39 Å². The van der Waals surface area contributed by atoms with Gasteiger partial charge in [-0.15, -0.1) is 0 Å². The molecule has 0 aliphatic carbocycles. The minimum Gasteiger partial charge on any atom is -0.379 e. The topological polar surface area (TPSA) is 33.3 Å². The van der Waals surface area contributed by atoms with E-state index < -0.39 is 0 Å². The lowest BCUT2D eigenvalue weighted by molar-refractivity contribution is 0.0712. The van der Waals surface area contributed by atoms with Crippen molar-refractivity contribution in [1.82, 2.24) is 10.6 Å². The highest BCUT2D eigenvalue weighted by atomic mass is 79.9. The van der Waals surface area contributed by atoms with Crippen LogP contribution >= 0.6 is 15.9 Å². The largest absolute Gasteiger partial charge is 0.379 e. The van der Waals surface area contributed by atoms with Crippen molar-refractivity contribution in [3.05, 3.63) is 34.1 Å². The second-order valence-electron chi connectivity index (χ2n) is 4.98. The Bertz CT molecular complexity index is 410. The molecule has 2 atom stereocenters. The highest BCUT2D eigenvalue weighted by Crippen LogP contribution is 2.15. The lowest BCUT2D eigenvalue weighted by atomic mass is 10.1. The first-order valence-electron chi connectivity index (χ1n) is 6.63. The van der Waals surface area contributed by atoms with Gasteiger partial charge in [0.2, 0.25) is 0 Å². The Morgan fingerprint density at radius 1 is 1.58 bits per heavy atom. The summed E-state index contributed by atoms with van der Waals surface area (Å²) in [6.45, 7) is 5.13. The molecule has 0 aromatic heterocycles. The van der Waals surface area contributed by atoms with Gasteiger partial charge in [-0.2, -0.15) is 0 Å². The minimum atomic E-state index is -0.165. The van der Waals surface area contributed by atoms with Crippen LogP contribution in [0.2, 0.25) is 0 Å². The van der Waals surface area contributed by atoms with Gasteiger partial charge in [0.05, 0.1) is 13.2 Å². The van der Waals surface area contributed by atoms with Crippen molar-refractivity contribution in [3.63, 3.8) is 0 Å². The van der Waals surface area contributed by atoms with Gasteiger partial charge in [-0.1, -0.05) is 15.9 Å². The van der Waals surface area contributed by atoms with Gasteiger partial charge in [0.25, 0.3) is 0 Å². The molecular formula is C14H20BrFN2O. The molecule has 0 amide bonds. The number of hydrogen-bond acceptors (Lipinski definition) is 3. The molecule has 1 fully saturated rings. The number of rotatable bonds is 5. The normalized spacial score (nSPS) is 21.3. The molecule has 106 valence electrons. The van der Waals surface area contributed by atoms with Crippen LogP contribution in [0.1, 0.15) is 18.9 Å². The molecule has 1 saturated heterocycles. The Labute approximate surface area is 122 Å². The molecule has 0 radical (unpaired) electrons. The third kappa shape index (κ3) is 4.84. The molecule has 2 rings (SSSR count). The average Bonchev–Trinajstić information content (AvgIpc) is 2.41. The first-order chi connectivity index (χ1) is 9.15. The zero-order valence-electron chi connectivity index (χ0n) is 11.1. The van der Waals surface area contributed by atoms with E-state index in [1.54, 1.807) is 6.07 Å². The minimum absolute atomic E-state index is 0.165. The number of halogens is 2. The van der Waals surface area contributed by atoms with Crippen LogP contribution in [0, 0.1) is 5.82 Å². The molecule has 0 bridgehead atoms. The second-order valence-corrected chi connectivity index (χ2v) is 5.90. The lowest BCUT2D eigenvalue weighted by Crippen LogP contribution is -2.44. The maximum absolute atomic E-state index is 13.6. The zero-order valence-corrected chi connectivity index (χ0v) is 12.7. The second kappa shape index (κ2) is 7.33. The van der Waals surface area contributed by atoms with Crippen molar-refractivity contribution in [3.8, 4) is 0 Å². The highest BCUT2D eigenvalue weighted by Gasteiger charge is 2.16. The van der Waals surface area contributed by atoms with Gasteiger partial charge in [0, 0.05) is 35.2 Å². The molecule has 1 heterocycles. The highest BCUT2D eigenvalue weighted by molar-refractivity contribution is 9.10. The van der Waals surface area contributed by atoms with Gasteiger partial charge in [0.1, 0.15) is 5.82 Å². The van der Waals surface area contributed by atoms with Crippen LogP contribution in [0.3, 0.4) is 0 Å². The molecule has 0 saturated carbocycles. The van der Waals surface area contributed by atoms with Crippen LogP contribution in [-0.4, -0.2) is 31.8 Å². The molecule has 1 aromatic carbocycles. The molecule has 19 heavy (non-hydrogen) atoms. The Hall–Kier alpha value is -0.490. The fraction of sp³-hybridized carbons (Fsp3) is 0.571. The Morgan fingerprint density at radius 3 is 3.16 bits per heavy atom. The van der Waals surface area contributed by atoms with Crippen molar-refractivity contribution < 1.29 is 9.13 Å². The van der Waals surface area contributed by atoms with E-state index in [1.165, 1.54) is 6.07 Å². The van der Waals surface area contributed by atoms with Crippen molar-refractivity contribution in [2.45, 2.75) is 32.0 Å². The molecule has 3 nitrogen and oxygen atoms in total. The molecule has 2 N–H and O–H groups in total. The number of nitrogens with one attached hydrogen (secondary N) is 2. The quantitative estimate of drug-likeness (QED) is 0.870. The first kappa shape index (κ1) is 14.9. The van der Waals surface area contributed by atoms with Gasteiger partial charge in [0.15, 0.2) is 0 Å². The van der Waals surface area contributed by atoms with E-state index in [0.717, 1.165) is 30.7 Å². The van der Waals surface area contributed by atoms with Gasteiger partial charge in [-0.25, -0.2) is 4.39 Å². The summed E-state index contributed by atoms with van der Waals surface area (Å²) in [7, 11) is 0. The van der Waals surface area contributed by atoms with Gasteiger partial charge < -0.3 is 15.4 Å². The van der Waals surface area contributed by atoms with Crippen LogP contribution in [0.15, 0.2) is 22.7 Å². The number of morpholine rings is 1. The lowest BCUT2D eigenvalue weighted by Gasteiger charge is -2.26. The maximum Gasteiger partial charge on any atom is 0.127 e. The third-order valence-electron chi connectivity index (χ3n) is 3.29. The van der Waals surface area contributed by atoms with E-state index in [4.69, 9.17) is 4.74 Å². The van der Waals surface area contributed by atoms with E-state index in [2.05, 4.69) is 33.5 Å².